The first-order chi connectivity index (χ1) is 7.60. The third-order valence-electron chi connectivity index (χ3n) is 2.43. The molecule has 0 amide bonds. The number of hydrogen-bond acceptors (Lipinski definition) is 4. The fourth-order valence-corrected chi connectivity index (χ4v) is 1.44. The van der Waals surface area contributed by atoms with Gasteiger partial charge in [-0.25, -0.2) is 0 Å². The van der Waals surface area contributed by atoms with Crippen LogP contribution in [0.2, 0.25) is 0 Å². The predicted octanol–water partition coefficient (Wildman–Crippen LogP) is -0.161. The van der Waals surface area contributed by atoms with E-state index >= 15 is 0 Å². The summed E-state index contributed by atoms with van der Waals surface area (Å²) in [5.41, 5.74) is 6.49. The van der Waals surface area contributed by atoms with Crippen molar-refractivity contribution >= 4 is 5.97 Å². The molecule has 2 atom stereocenters. The lowest BCUT2D eigenvalue weighted by Crippen LogP contribution is -2.21. The molecule has 2 unspecified atom stereocenters. The second-order valence-corrected chi connectivity index (χ2v) is 3.49. The van der Waals surface area contributed by atoms with Gasteiger partial charge in [-0.1, -0.05) is 24.3 Å². The third-order valence-corrected chi connectivity index (χ3v) is 2.43. The number of benzene rings is 1. The standard InChI is InChI=1S/C11H15NO4/c12-5-9(11(15)16)7-1-3-8(4-2-7)10(14)6-13/h1-4,9-10,13-14H,5-6,12H2,(H,15,16). The Kier molecular flexibility index (Phi) is 4.42. The second-order valence-electron chi connectivity index (χ2n) is 3.49. The van der Waals surface area contributed by atoms with Crippen LogP contribution in [0.15, 0.2) is 24.3 Å². The van der Waals surface area contributed by atoms with E-state index in [9.17, 15) is 9.90 Å². The van der Waals surface area contributed by atoms with Crippen LogP contribution in [-0.2, 0) is 4.79 Å². The molecule has 0 heterocycles. The molecular formula is C11H15NO4. The molecule has 0 aromatic heterocycles. The first-order valence-electron chi connectivity index (χ1n) is 4.91. The molecule has 88 valence electrons. The van der Waals surface area contributed by atoms with Crippen molar-refractivity contribution in [1.29, 1.82) is 0 Å². The molecule has 0 aliphatic rings. The van der Waals surface area contributed by atoms with Crippen molar-refractivity contribution in [1.82, 2.24) is 0 Å². The van der Waals surface area contributed by atoms with Crippen LogP contribution in [0.3, 0.4) is 0 Å². The highest BCUT2D eigenvalue weighted by Gasteiger charge is 2.18. The summed E-state index contributed by atoms with van der Waals surface area (Å²) in [6, 6.07) is 6.36. The van der Waals surface area contributed by atoms with Gasteiger partial charge in [0.15, 0.2) is 0 Å². The van der Waals surface area contributed by atoms with Gasteiger partial charge < -0.3 is 21.1 Å². The van der Waals surface area contributed by atoms with Crippen LogP contribution in [0, 0.1) is 0 Å². The average Bonchev–Trinajstić information content (AvgIpc) is 2.29. The SMILES string of the molecule is NCC(C(=O)O)c1ccc(C(O)CO)cc1. The van der Waals surface area contributed by atoms with E-state index in [4.69, 9.17) is 15.9 Å². The number of hydrogen-bond donors (Lipinski definition) is 4. The Bertz CT molecular complexity index is 350. The van der Waals surface area contributed by atoms with Gasteiger partial charge in [0.2, 0.25) is 0 Å². The van der Waals surface area contributed by atoms with Crippen molar-refractivity contribution in [2.75, 3.05) is 13.2 Å². The van der Waals surface area contributed by atoms with Gasteiger partial charge in [0.1, 0.15) is 6.10 Å². The van der Waals surface area contributed by atoms with Crippen molar-refractivity contribution in [3.05, 3.63) is 35.4 Å². The molecule has 0 fully saturated rings. The van der Waals surface area contributed by atoms with E-state index in [-0.39, 0.29) is 13.2 Å². The van der Waals surface area contributed by atoms with E-state index in [1.807, 2.05) is 0 Å². The Morgan fingerprint density at radius 3 is 2.12 bits per heavy atom. The van der Waals surface area contributed by atoms with E-state index < -0.39 is 18.0 Å². The topological polar surface area (TPSA) is 104 Å². The maximum Gasteiger partial charge on any atom is 0.312 e. The summed E-state index contributed by atoms with van der Waals surface area (Å²) >= 11 is 0. The Balaban J connectivity index is 2.89. The normalized spacial score (nSPS) is 14.4. The Morgan fingerprint density at radius 2 is 1.75 bits per heavy atom. The minimum Gasteiger partial charge on any atom is -0.481 e. The zero-order chi connectivity index (χ0) is 12.1. The summed E-state index contributed by atoms with van der Waals surface area (Å²) in [5, 5.41) is 27.0. The monoisotopic (exact) mass is 225 g/mol. The maximum atomic E-state index is 10.8. The van der Waals surface area contributed by atoms with Crippen molar-refractivity contribution in [3.8, 4) is 0 Å². The molecule has 5 heteroatoms. The van der Waals surface area contributed by atoms with Crippen molar-refractivity contribution in [2.24, 2.45) is 5.73 Å². The van der Waals surface area contributed by atoms with Crippen LogP contribution in [0.5, 0.6) is 0 Å². The highest BCUT2D eigenvalue weighted by Crippen LogP contribution is 2.18. The van der Waals surface area contributed by atoms with Crippen LogP contribution in [0.4, 0.5) is 0 Å². The summed E-state index contributed by atoms with van der Waals surface area (Å²) < 4.78 is 0. The number of nitrogens with two attached hydrogens (primary N) is 1. The van der Waals surface area contributed by atoms with Gasteiger partial charge in [-0.3, -0.25) is 4.79 Å². The Labute approximate surface area is 93.1 Å². The molecule has 0 saturated heterocycles. The highest BCUT2D eigenvalue weighted by atomic mass is 16.4. The lowest BCUT2D eigenvalue weighted by atomic mass is 9.97. The van der Waals surface area contributed by atoms with E-state index in [2.05, 4.69) is 0 Å². The fourth-order valence-electron chi connectivity index (χ4n) is 1.44. The van der Waals surface area contributed by atoms with Gasteiger partial charge in [0.05, 0.1) is 12.5 Å². The van der Waals surface area contributed by atoms with E-state index in [1.54, 1.807) is 24.3 Å². The number of rotatable bonds is 5. The molecular weight excluding hydrogens is 210 g/mol. The summed E-state index contributed by atoms with van der Waals surface area (Å²) in [6.45, 7) is -0.337. The largest absolute Gasteiger partial charge is 0.481 e. The summed E-state index contributed by atoms with van der Waals surface area (Å²) in [6.07, 6.45) is -0.935. The summed E-state index contributed by atoms with van der Waals surface area (Å²) in [5.74, 6) is -1.71. The number of carboxylic acids is 1. The molecule has 0 aliphatic carbocycles. The van der Waals surface area contributed by atoms with E-state index in [1.165, 1.54) is 0 Å². The number of aliphatic hydroxyl groups excluding tert-OH is 2. The molecule has 0 spiro atoms. The fraction of sp³-hybridized carbons (Fsp3) is 0.364. The van der Waals surface area contributed by atoms with Gasteiger partial charge >= 0.3 is 5.97 Å². The maximum absolute atomic E-state index is 10.8. The highest BCUT2D eigenvalue weighted by molar-refractivity contribution is 5.76. The average molecular weight is 225 g/mol. The zero-order valence-corrected chi connectivity index (χ0v) is 8.71. The molecule has 0 bridgehead atoms. The number of carbonyl (C=O) groups is 1. The minimum absolute atomic E-state index is 0.0250. The molecule has 5 nitrogen and oxygen atoms in total. The molecule has 0 saturated carbocycles. The van der Waals surface area contributed by atoms with Gasteiger partial charge in [0.25, 0.3) is 0 Å². The quantitative estimate of drug-likeness (QED) is 0.557. The minimum atomic E-state index is -0.974. The smallest absolute Gasteiger partial charge is 0.312 e. The van der Waals surface area contributed by atoms with Gasteiger partial charge in [-0.15, -0.1) is 0 Å². The lowest BCUT2D eigenvalue weighted by molar-refractivity contribution is -0.138. The summed E-state index contributed by atoms with van der Waals surface area (Å²) in [7, 11) is 0. The van der Waals surface area contributed by atoms with E-state index in [0.717, 1.165) is 0 Å². The number of aliphatic carboxylic acids is 1. The second kappa shape index (κ2) is 5.60. The van der Waals surface area contributed by atoms with Crippen LogP contribution in [0.25, 0.3) is 0 Å². The van der Waals surface area contributed by atoms with Gasteiger partial charge in [-0.2, -0.15) is 0 Å². The van der Waals surface area contributed by atoms with Crippen LogP contribution in [0.1, 0.15) is 23.1 Å². The Hall–Kier alpha value is -1.43. The summed E-state index contributed by atoms with van der Waals surface area (Å²) in [4.78, 5) is 10.8. The number of carboxylic acid groups (broad SMARTS) is 1. The Morgan fingerprint density at radius 1 is 1.25 bits per heavy atom. The molecule has 1 rings (SSSR count). The number of aliphatic hydroxyl groups is 2. The van der Waals surface area contributed by atoms with Crippen molar-refractivity contribution in [2.45, 2.75) is 12.0 Å². The first kappa shape index (κ1) is 12.6. The lowest BCUT2D eigenvalue weighted by Gasteiger charge is -2.12. The third kappa shape index (κ3) is 2.79. The van der Waals surface area contributed by atoms with Crippen molar-refractivity contribution < 1.29 is 20.1 Å². The first-order valence-corrected chi connectivity index (χ1v) is 4.91. The van der Waals surface area contributed by atoms with Crippen molar-refractivity contribution in [3.63, 3.8) is 0 Å². The van der Waals surface area contributed by atoms with Gasteiger partial charge in [0, 0.05) is 6.54 Å². The molecule has 0 radical (unpaired) electrons. The van der Waals surface area contributed by atoms with Crippen LogP contribution < -0.4 is 5.73 Å². The zero-order valence-electron chi connectivity index (χ0n) is 8.71. The molecule has 16 heavy (non-hydrogen) atoms. The molecule has 0 aliphatic heterocycles. The molecule has 1 aromatic carbocycles. The predicted molar refractivity (Wildman–Crippen MR) is 57.9 cm³/mol. The van der Waals surface area contributed by atoms with Crippen LogP contribution >= 0.6 is 0 Å². The van der Waals surface area contributed by atoms with Gasteiger partial charge in [-0.05, 0) is 11.1 Å². The van der Waals surface area contributed by atoms with E-state index in [0.29, 0.717) is 11.1 Å². The molecule has 1 aromatic rings. The van der Waals surface area contributed by atoms with Crippen LogP contribution in [-0.4, -0.2) is 34.4 Å². The molecule has 5 N–H and O–H groups in total.